The second-order valence-corrected chi connectivity index (χ2v) is 6.87. The number of hydrogen-bond acceptors (Lipinski definition) is 2. The van der Waals surface area contributed by atoms with E-state index in [1.54, 1.807) is 0 Å². The highest BCUT2D eigenvalue weighted by atomic mass is 16.2. The summed E-state index contributed by atoms with van der Waals surface area (Å²) in [4.78, 5) is 12.4. The van der Waals surface area contributed by atoms with Crippen LogP contribution in [0.3, 0.4) is 0 Å². The quantitative estimate of drug-likeness (QED) is 0.792. The molecule has 106 valence electrons. The van der Waals surface area contributed by atoms with Crippen LogP contribution in [0, 0.1) is 16.7 Å². The van der Waals surface area contributed by atoms with E-state index in [1.165, 1.54) is 6.42 Å². The Morgan fingerprint density at radius 3 is 2.28 bits per heavy atom. The van der Waals surface area contributed by atoms with Crippen LogP contribution >= 0.6 is 0 Å². The zero-order valence-corrected chi connectivity index (χ0v) is 12.5. The second kappa shape index (κ2) is 6.05. The van der Waals surface area contributed by atoms with E-state index < -0.39 is 0 Å². The summed E-state index contributed by atoms with van der Waals surface area (Å²) >= 11 is 0. The van der Waals surface area contributed by atoms with Gasteiger partial charge in [-0.25, -0.2) is 0 Å². The molecule has 0 bridgehead atoms. The van der Waals surface area contributed by atoms with Gasteiger partial charge < -0.3 is 11.1 Å². The predicted molar refractivity (Wildman–Crippen MR) is 76.2 cm³/mol. The number of nitrogens with two attached hydrogens (primary N) is 1. The fraction of sp³-hybridized carbons (Fsp3) is 0.933. The van der Waals surface area contributed by atoms with Gasteiger partial charge in [0.2, 0.25) is 5.91 Å². The van der Waals surface area contributed by atoms with Crippen molar-refractivity contribution in [3.05, 3.63) is 0 Å². The van der Waals surface area contributed by atoms with Crippen LogP contribution < -0.4 is 11.1 Å². The van der Waals surface area contributed by atoms with Crippen molar-refractivity contribution in [1.82, 2.24) is 5.32 Å². The topological polar surface area (TPSA) is 55.1 Å². The molecule has 3 nitrogen and oxygen atoms in total. The smallest absolute Gasteiger partial charge is 0.227 e. The monoisotopic (exact) mass is 254 g/mol. The van der Waals surface area contributed by atoms with Crippen LogP contribution in [0.2, 0.25) is 0 Å². The molecule has 3 heteroatoms. The van der Waals surface area contributed by atoms with E-state index in [2.05, 4.69) is 33.0 Å². The number of nitrogens with one attached hydrogen (secondary N) is 1. The molecule has 1 fully saturated rings. The van der Waals surface area contributed by atoms with Gasteiger partial charge in [-0.1, -0.05) is 47.0 Å². The molecular weight excluding hydrogens is 224 g/mol. The van der Waals surface area contributed by atoms with Gasteiger partial charge in [-0.3, -0.25) is 4.79 Å². The highest BCUT2D eigenvalue weighted by molar-refractivity contribution is 5.83. The van der Waals surface area contributed by atoms with Gasteiger partial charge in [-0.15, -0.1) is 0 Å². The Labute approximate surface area is 112 Å². The average Bonchev–Trinajstić information content (AvgIpc) is 2.36. The highest BCUT2D eigenvalue weighted by Crippen LogP contribution is 2.36. The summed E-state index contributed by atoms with van der Waals surface area (Å²) < 4.78 is 0. The molecule has 0 aromatic rings. The summed E-state index contributed by atoms with van der Waals surface area (Å²) in [5.41, 5.74) is 5.73. The van der Waals surface area contributed by atoms with Crippen molar-refractivity contribution in [2.24, 2.45) is 22.5 Å². The molecule has 0 radical (unpaired) electrons. The van der Waals surface area contributed by atoms with Crippen molar-refractivity contribution >= 4 is 5.91 Å². The molecule has 0 aromatic heterocycles. The molecule has 1 aliphatic carbocycles. The Balaban J connectivity index is 2.58. The van der Waals surface area contributed by atoms with Gasteiger partial charge in [0.25, 0.3) is 0 Å². The minimum absolute atomic E-state index is 0.139. The predicted octanol–water partition coefficient (Wildman–Crippen LogP) is 2.69. The normalized spacial score (nSPS) is 19.9. The van der Waals surface area contributed by atoms with Crippen molar-refractivity contribution in [3.8, 4) is 0 Å². The van der Waals surface area contributed by atoms with E-state index >= 15 is 0 Å². The Bertz CT molecular complexity index is 278. The van der Waals surface area contributed by atoms with Gasteiger partial charge in [0.1, 0.15) is 0 Å². The van der Waals surface area contributed by atoms with E-state index in [-0.39, 0.29) is 16.7 Å². The number of amides is 1. The molecule has 0 unspecified atom stereocenters. The molecule has 1 rings (SSSR count). The van der Waals surface area contributed by atoms with Crippen molar-refractivity contribution < 1.29 is 4.79 Å². The zero-order chi connectivity index (χ0) is 13.8. The van der Waals surface area contributed by atoms with Gasteiger partial charge >= 0.3 is 0 Å². The first-order chi connectivity index (χ1) is 8.34. The maximum Gasteiger partial charge on any atom is 0.227 e. The van der Waals surface area contributed by atoms with Crippen LogP contribution in [0.25, 0.3) is 0 Å². The van der Waals surface area contributed by atoms with Crippen LogP contribution in [0.1, 0.15) is 59.8 Å². The van der Waals surface area contributed by atoms with Crippen LogP contribution in [0.15, 0.2) is 0 Å². The fourth-order valence-corrected chi connectivity index (χ4v) is 2.45. The third-order valence-corrected chi connectivity index (χ3v) is 4.95. The lowest BCUT2D eigenvalue weighted by Gasteiger charge is -2.37. The van der Waals surface area contributed by atoms with E-state index in [1.807, 2.05) is 0 Å². The lowest BCUT2D eigenvalue weighted by atomic mass is 9.73. The Morgan fingerprint density at radius 1 is 1.28 bits per heavy atom. The van der Waals surface area contributed by atoms with Crippen molar-refractivity contribution in [2.75, 3.05) is 13.1 Å². The minimum atomic E-state index is -0.286. The van der Waals surface area contributed by atoms with E-state index in [0.717, 1.165) is 32.2 Å². The first-order valence-electron chi connectivity index (χ1n) is 7.32. The fourth-order valence-electron chi connectivity index (χ4n) is 2.45. The van der Waals surface area contributed by atoms with E-state index in [9.17, 15) is 4.79 Å². The molecule has 0 atom stereocenters. The van der Waals surface area contributed by atoms with Gasteiger partial charge in [-0.2, -0.15) is 0 Å². The molecule has 0 aromatic carbocycles. The van der Waals surface area contributed by atoms with E-state index in [0.29, 0.717) is 12.5 Å². The second-order valence-electron chi connectivity index (χ2n) is 6.87. The lowest BCUT2D eigenvalue weighted by molar-refractivity contribution is -0.133. The van der Waals surface area contributed by atoms with Crippen molar-refractivity contribution in [3.63, 3.8) is 0 Å². The lowest BCUT2D eigenvalue weighted by Crippen LogP contribution is -2.49. The molecule has 0 saturated heterocycles. The van der Waals surface area contributed by atoms with Gasteiger partial charge in [0.15, 0.2) is 0 Å². The van der Waals surface area contributed by atoms with Crippen molar-refractivity contribution in [2.45, 2.75) is 59.8 Å². The molecule has 1 aliphatic rings. The minimum Gasteiger partial charge on any atom is -0.355 e. The first kappa shape index (κ1) is 15.5. The summed E-state index contributed by atoms with van der Waals surface area (Å²) in [6, 6.07) is 0. The number of hydrogen-bond donors (Lipinski definition) is 2. The Hall–Kier alpha value is -0.570. The SMILES string of the molecule is CC(C)C(C)(C)CNC(=O)C1(CN)CCCCC1. The molecule has 0 heterocycles. The van der Waals surface area contributed by atoms with E-state index in [4.69, 9.17) is 5.73 Å². The molecule has 1 saturated carbocycles. The third-order valence-electron chi connectivity index (χ3n) is 4.95. The van der Waals surface area contributed by atoms with Gasteiger partial charge in [-0.05, 0) is 24.2 Å². The maximum atomic E-state index is 12.4. The van der Waals surface area contributed by atoms with Gasteiger partial charge in [0, 0.05) is 13.1 Å². The zero-order valence-electron chi connectivity index (χ0n) is 12.5. The first-order valence-corrected chi connectivity index (χ1v) is 7.32. The van der Waals surface area contributed by atoms with Crippen LogP contribution in [0.4, 0.5) is 0 Å². The summed E-state index contributed by atoms with van der Waals surface area (Å²) in [6.07, 6.45) is 5.43. The number of carbonyl (C=O) groups excluding carboxylic acids is 1. The molecular formula is C15H30N2O. The average molecular weight is 254 g/mol. The highest BCUT2D eigenvalue weighted by Gasteiger charge is 2.38. The summed E-state index contributed by atoms with van der Waals surface area (Å²) in [5.74, 6) is 0.733. The maximum absolute atomic E-state index is 12.4. The molecule has 3 N–H and O–H groups in total. The molecule has 1 amide bonds. The summed E-state index contributed by atoms with van der Waals surface area (Å²) in [5, 5.41) is 3.15. The molecule has 18 heavy (non-hydrogen) atoms. The van der Waals surface area contributed by atoms with Crippen LogP contribution in [0.5, 0.6) is 0 Å². The third kappa shape index (κ3) is 3.47. The largest absolute Gasteiger partial charge is 0.355 e. The summed E-state index contributed by atoms with van der Waals surface area (Å²) in [7, 11) is 0. The van der Waals surface area contributed by atoms with Gasteiger partial charge in [0.05, 0.1) is 5.41 Å². The molecule has 0 spiro atoms. The Kier molecular flexibility index (Phi) is 5.20. The van der Waals surface area contributed by atoms with Crippen LogP contribution in [-0.2, 0) is 4.79 Å². The summed E-state index contributed by atoms with van der Waals surface area (Å²) in [6.45, 7) is 10.0. The number of rotatable bonds is 5. The van der Waals surface area contributed by atoms with Crippen LogP contribution in [-0.4, -0.2) is 19.0 Å². The number of carbonyl (C=O) groups is 1. The van der Waals surface area contributed by atoms with Crippen molar-refractivity contribution in [1.29, 1.82) is 0 Å². The molecule has 0 aliphatic heterocycles. The standard InChI is InChI=1S/C15H30N2O/c1-12(2)14(3,4)11-17-13(18)15(10-16)8-6-5-7-9-15/h12H,5-11,16H2,1-4H3,(H,17,18). The Morgan fingerprint density at radius 2 is 1.83 bits per heavy atom.